The lowest BCUT2D eigenvalue weighted by Gasteiger charge is -2.34. The molecule has 3 nitrogen and oxygen atoms in total. The molecule has 2 fully saturated rings. The van der Waals surface area contributed by atoms with Crippen molar-refractivity contribution < 1.29 is 9.50 Å². The Bertz CT molecular complexity index is 437. The first-order valence-corrected chi connectivity index (χ1v) is 7.65. The molecule has 3 rings (SSSR count). The molecule has 0 aromatic heterocycles. The van der Waals surface area contributed by atoms with Gasteiger partial charge in [-0.2, -0.15) is 0 Å². The summed E-state index contributed by atoms with van der Waals surface area (Å²) < 4.78 is 13.3. The molecule has 2 saturated heterocycles. The molecule has 0 saturated carbocycles. The highest BCUT2D eigenvalue weighted by atomic mass is 35.5. The third-order valence-electron chi connectivity index (χ3n) is 4.65. The van der Waals surface area contributed by atoms with Crippen molar-refractivity contribution in [1.82, 2.24) is 10.2 Å². The Labute approximate surface area is 131 Å². The largest absolute Gasteiger partial charge is 0.508 e. The predicted molar refractivity (Wildman–Crippen MR) is 84.3 cm³/mol. The zero-order chi connectivity index (χ0) is 13.9. The van der Waals surface area contributed by atoms with Crippen molar-refractivity contribution >= 4 is 12.4 Å². The van der Waals surface area contributed by atoms with Crippen molar-refractivity contribution in [2.45, 2.75) is 38.3 Å². The van der Waals surface area contributed by atoms with Gasteiger partial charge in [-0.1, -0.05) is 0 Å². The molecule has 1 unspecified atom stereocenters. The lowest BCUT2D eigenvalue weighted by Crippen LogP contribution is -2.40. The van der Waals surface area contributed by atoms with Crippen LogP contribution in [0.4, 0.5) is 4.39 Å². The summed E-state index contributed by atoms with van der Waals surface area (Å²) in [6, 6.07) is 5.05. The average molecular weight is 315 g/mol. The van der Waals surface area contributed by atoms with Crippen molar-refractivity contribution in [1.29, 1.82) is 0 Å². The Morgan fingerprint density at radius 2 is 1.95 bits per heavy atom. The van der Waals surface area contributed by atoms with E-state index in [0.29, 0.717) is 0 Å². The van der Waals surface area contributed by atoms with Crippen molar-refractivity contribution in [3.63, 3.8) is 0 Å². The number of rotatable bonds is 3. The summed E-state index contributed by atoms with van der Waals surface area (Å²) in [7, 11) is 0. The number of hydrogen-bond donors (Lipinski definition) is 2. The van der Waals surface area contributed by atoms with Crippen LogP contribution in [0, 0.1) is 11.7 Å². The maximum atomic E-state index is 13.3. The van der Waals surface area contributed by atoms with Crippen LogP contribution in [0.5, 0.6) is 5.75 Å². The van der Waals surface area contributed by atoms with E-state index in [1.54, 1.807) is 6.07 Å². The van der Waals surface area contributed by atoms with Gasteiger partial charge in [0.15, 0.2) is 0 Å². The van der Waals surface area contributed by atoms with Crippen LogP contribution in [0.2, 0.25) is 0 Å². The molecule has 0 spiro atoms. The number of benzene rings is 1. The van der Waals surface area contributed by atoms with E-state index in [2.05, 4.69) is 10.2 Å². The minimum absolute atomic E-state index is 0. The van der Waals surface area contributed by atoms with E-state index in [-0.39, 0.29) is 24.0 Å². The molecule has 1 aromatic rings. The molecular formula is C16H24ClFN2O. The third kappa shape index (κ3) is 4.31. The van der Waals surface area contributed by atoms with E-state index in [0.717, 1.165) is 43.2 Å². The summed E-state index contributed by atoms with van der Waals surface area (Å²) in [5.74, 6) is 0.463. The maximum absolute atomic E-state index is 13.3. The fourth-order valence-electron chi connectivity index (χ4n) is 3.61. The molecule has 118 valence electrons. The number of phenolic OH excluding ortho intramolecular Hbond substituents is 1. The summed E-state index contributed by atoms with van der Waals surface area (Å²) >= 11 is 0. The highest BCUT2D eigenvalue weighted by Gasteiger charge is 2.28. The topological polar surface area (TPSA) is 35.5 Å². The van der Waals surface area contributed by atoms with Crippen LogP contribution in [0.25, 0.3) is 0 Å². The quantitative estimate of drug-likeness (QED) is 0.900. The van der Waals surface area contributed by atoms with Crippen LogP contribution >= 0.6 is 12.4 Å². The van der Waals surface area contributed by atoms with Gasteiger partial charge in [0.1, 0.15) is 11.6 Å². The first kappa shape index (κ1) is 16.5. The number of hydrogen-bond acceptors (Lipinski definition) is 3. The van der Waals surface area contributed by atoms with Crippen LogP contribution < -0.4 is 5.32 Å². The number of nitrogens with zero attached hydrogens (tertiary/aromatic N) is 1. The van der Waals surface area contributed by atoms with Gasteiger partial charge < -0.3 is 10.4 Å². The van der Waals surface area contributed by atoms with Gasteiger partial charge in [0.2, 0.25) is 0 Å². The number of nitrogens with one attached hydrogen (secondary N) is 1. The second-order valence-electron chi connectivity index (χ2n) is 6.13. The summed E-state index contributed by atoms with van der Waals surface area (Å²) in [4.78, 5) is 2.36. The second-order valence-corrected chi connectivity index (χ2v) is 6.13. The Morgan fingerprint density at radius 3 is 2.57 bits per heavy atom. The molecule has 2 aliphatic rings. The monoisotopic (exact) mass is 314 g/mol. The van der Waals surface area contributed by atoms with E-state index in [1.807, 2.05) is 0 Å². The number of phenols is 1. The number of halogens is 2. The molecular weight excluding hydrogens is 291 g/mol. The van der Waals surface area contributed by atoms with Crippen molar-refractivity contribution in [3.05, 3.63) is 29.6 Å². The Hall–Kier alpha value is -0.840. The van der Waals surface area contributed by atoms with Crippen molar-refractivity contribution in [2.24, 2.45) is 5.92 Å². The van der Waals surface area contributed by atoms with Crippen LogP contribution in [0.1, 0.15) is 31.2 Å². The lowest BCUT2D eigenvalue weighted by molar-refractivity contribution is 0.157. The zero-order valence-electron chi connectivity index (χ0n) is 12.2. The molecule has 1 atom stereocenters. The van der Waals surface area contributed by atoms with Gasteiger partial charge in [-0.15, -0.1) is 12.4 Å². The van der Waals surface area contributed by atoms with Crippen molar-refractivity contribution in [2.75, 3.05) is 19.6 Å². The Morgan fingerprint density at radius 1 is 1.19 bits per heavy atom. The van der Waals surface area contributed by atoms with Crippen LogP contribution in [0.15, 0.2) is 18.2 Å². The highest BCUT2D eigenvalue weighted by molar-refractivity contribution is 5.85. The molecule has 0 amide bonds. The fourth-order valence-corrected chi connectivity index (χ4v) is 3.61. The van der Waals surface area contributed by atoms with Crippen LogP contribution in [-0.4, -0.2) is 35.7 Å². The number of likely N-dealkylation sites (tertiary alicyclic amines) is 1. The molecule has 0 bridgehead atoms. The molecule has 2 aliphatic heterocycles. The first-order valence-electron chi connectivity index (χ1n) is 7.65. The fraction of sp³-hybridized carbons (Fsp3) is 0.625. The summed E-state index contributed by atoms with van der Waals surface area (Å²) in [5.41, 5.74) is 0.861. The number of piperidine rings is 1. The summed E-state index contributed by atoms with van der Waals surface area (Å²) in [5, 5.41) is 13.0. The smallest absolute Gasteiger partial charge is 0.127 e. The highest BCUT2D eigenvalue weighted by Crippen LogP contribution is 2.26. The molecule has 2 heterocycles. The van der Waals surface area contributed by atoms with Gasteiger partial charge in [-0.05, 0) is 68.9 Å². The molecule has 5 heteroatoms. The Kier molecular flexibility index (Phi) is 5.85. The van der Waals surface area contributed by atoms with E-state index < -0.39 is 0 Å². The SMILES string of the molecule is Cl.Oc1cc(F)cc(CN2CCC(C3CCCN3)CC2)c1. The normalized spacial score (nSPS) is 24.0. The van der Waals surface area contributed by atoms with Crippen LogP contribution in [0.3, 0.4) is 0 Å². The van der Waals surface area contributed by atoms with Gasteiger partial charge >= 0.3 is 0 Å². The van der Waals surface area contributed by atoms with Crippen LogP contribution in [-0.2, 0) is 6.54 Å². The lowest BCUT2D eigenvalue weighted by atomic mass is 9.88. The van der Waals surface area contributed by atoms with Gasteiger partial charge in [0.25, 0.3) is 0 Å². The summed E-state index contributed by atoms with van der Waals surface area (Å²) in [6.45, 7) is 4.05. The third-order valence-corrected chi connectivity index (χ3v) is 4.65. The van der Waals surface area contributed by atoms with Gasteiger partial charge in [-0.25, -0.2) is 4.39 Å². The minimum Gasteiger partial charge on any atom is -0.508 e. The van der Waals surface area contributed by atoms with Gasteiger partial charge in [0, 0.05) is 18.7 Å². The molecule has 21 heavy (non-hydrogen) atoms. The first-order chi connectivity index (χ1) is 9.70. The molecule has 0 aliphatic carbocycles. The average Bonchev–Trinajstić information content (AvgIpc) is 2.92. The van der Waals surface area contributed by atoms with E-state index in [1.165, 1.54) is 38.3 Å². The summed E-state index contributed by atoms with van der Waals surface area (Å²) in [6.07, 6.45) is 5.08. The van der Waals surface area contributed by atoms with E-state index in [9.17, 15) is 9.50 Å². The van der Waals surface area contributed by atoms with Gasteiger partial charge in [-0.3, -0.25) is 4.90 Å². The second kappa shape index (κ2) is 7.43. The molecule has 2 N–H and O–H groups in total. The molecule has 1 aromatic carbocycles. The van der Waals surface area contributed by atoms with Crippen molar-refractivity contribution in [3.8, 4) is 5.75 Å². The van der Waals surface area contributed by atoms with E-state index in [4.69, 9.17) is 0 Å². The minimum atomic E-state index is -0.356. The van der Waals surface area contributed by atoms with E-state index >= 15 is 0 Å². The predicted octanol–water partition coefficient (Wildman–Crippen LogP) is 2.92. The zero-order valence-corrected chi connectivity index (χ0v) is 13.0. The molecule has 0 radical (unpaired) electrons. The number of aromatic hydroxyl groups is 1. The van der Waals surface area contributed by atoms with Gasteiger partial charge in [0.05, 0.1) is 0 Å². The standard InChI is InChI=1S/C16H23FN2O.ClH/c17-14-8-12(9-15(20)10-14)11-19-6-3-13(4-7-19)16-2-1-5-18-16;/h8-10,13,16,18,20H,1-7,11H2;1H. The Balaban J connectivity index is 0.00000161. The maximum Gasteiger partial charge on any atom is 0.127 e.